The van der Waals surface area contributed by atoms with Gasteiger partial charge >= 0.3 is 0 Å². The zero-order chi connectivity index (χ0) is 16.6. The zero-order valence-electron chi connectivity index (χ0n) is 13.8. The third kappa shape index (κ3) is 1.64. The summed E-state index contributed by atoms with van der Waals surface area (Å²) in [6.07, 6.45) is -1.68. The number of para-hydroxylation sites is 1. The van der Waals surface area contributed by atoms with Gasteiger partial charge < -0.3 is 24.3 Å². The lowest BCUT2D eigenvalue weighted by molar-refractivity contribution is -0.103. The Kier molecular flexibility index (Phi) is 2.68. The normalized spacial score (nSPS) is 27.6. The first-order valence-electron chi connectivity index (χ1n) is 8.14. The summed E-state index contributed by atoms with van der Waals surface area (Å²) in [6.45, 7) is 3.89. The summed E-state index contributed by atoms with van der Waals surface area (Å²) >= 11 is 0. The van der Waals surface area contributed by atoms with E-state index in [2.05, 4.69) is 17.1 Å². The zero-order valence-corrected chi connectivity index (χ0v) is 13.8. The average Bonchev–Trinajstić information content (AvgIpc) is 3.06. The molecule has 1 aromatic heterocycles. The minimum absolute atomic E-state index is 0.411. The molecule has 124 valence electrons. The van der Waals surface area contributed by atoms with E-state index < -0.39 is 24.1 Å². The van der Waals surface area contributed by atoms with Crippen LogP contribution in [0.4, 0.5) is 0 Å². The third-order valence-corrected chi connectivity index (χ3v) is 5.24. The topological polar surface area (TPSA) is 63.7 Å². The Morgan fingerprint density at radius 1 is 1.21 bits per heavy atom. The summed E-state index contributed by atoms with van der Waals surface area (Å²) in [4.78, 5) is 3.42. The van der Waals surface area contributed by atoms with Crippen LogP contribution in [0.2, 0.25) is 0 Å². The number of hydrogen-bond acceptors (Lipinski definition) is 4. The number of ether oxygens (including phenoxy) is 3. The number of aromatic nitrogens is 1. The smallest absolute Gasteiger partial charge is 0.185 e. The number of rotatable bonds is 1. The molecule has 2 bridgehead atoms. The number of methoxy groups -OCH3 is 1. The van der Waals surface area contributed by atoms with Crippen molar-refractivity contribution in [2.75, 3.05) is 7.11 Å². The summed E-state index contributed by atoms with van der Waals surface area (Å²) in [5.74, 6) is 0.672. The summed E-state index contributed by atoms with van der Waals surface area (Å²) < 4.78 is 17.7. The molecule has 0 radical (unpaired) electrons. The minimum Gasteiger partial charge on any atom is -0.494 e. The van der Waals surface area contributed by atoms with E-state index in [0.717, 1.165) is 32.9 Å². The molecule has 3 aromatic rings. The number of H-pyrrole nitrogens is 1. The van der Waals surface area contributed by atoms with Crippen LogP contribution in [0.3, 0.4) is 0 Å². The largest absolute Gasteiger partial charge is 0.494 e. The number of aliphatic hydroxyl groups is 1. The molecule has 5 nitrogen and oxygen atoms in total. The molecule has 2 aromatic carbocycles. The molecular weight excluding hydrogens is 306 g/mol. The molecule has 1 saturated heterocycles. The van der Waals surface area contributed by atoms with Crippen LogP contribution in [0.1, 0.15) is 37.4 Å². The summed E-state index contributed by atoms with van der Waals surface area (Å²) in [6, 6.07) is 10.2. The van der Waals surface area contributed by atoms with E-state index in [-0.39, 0.29) is 0 Å². The molecule has 1 fully saturated rings. The van der Waals surface area contributed by atoms with Gasteiger partial charge in [-0.3, -0.25) is 0 Å². The molecule has 3 atom stereocenters. The Morgan fingerprint density at radius 3 is 2.79 bits per heavy atom. The van der Waals surface area contributed by atoms with Gasteiger partial charge in [-0.1, -0.05) is 18.2 Å². The van der Waals surface area contributed by atoms with Crippen molar-refractivity contribution in [3.8, 4) is 5.75 Å². The van der Waals surface area contributed by atoms with Crippen LogP contribution < -0.4 is 4.74 Å². The summed E-state index contributed by atoms with van der Waals surface area (Å²) in [5.41, 5.74) is 3.00. The number of hydrogen-bond donors (Lipinski definition) is 2. The van der Waals surface area contributed by atoms with Crippen molar-refractivity contribution in [1.29, 1.82) is 0 Å². The lowest BCUT2D eigenvalue weighted by Crippen LogP contribution is -2.38. The number of aromatic amines is 1. The molecule has 3 heterocycles. The highest BCUT2D eigenvalue weighted by Crippen LogP contribution is 2.54. The number of fused-ring (bicyclic) bond motifs is 7. The maximum absolute atomic E-state index is 10.9. The van der Waals surface area contributed by atoms with Gasteiger partial charge in [0.15, 0.2) is 6.29 Å². The molecule has 0 saturated carbocycles. The maximum atomic E-state index is 10.9. The molecule has 0 spiro atoms. The first-order chi connectivity index (χ1) is 11.5. The van der Waals surface area contributed by atoms with E-state index in [4.69, 9.17) is 14.2 Å². The van der Waals surface area contributed by atoms with E-state index >= 15 is 0 Å². The fraction of sp³-hybridized carbons (Fsp3) is 0.368. The predicted molar refractivity (Wildman–Crippen MR) is 90.1 cm³/mol. The lowest BCUT2D eigenvalue weighted by atomic mass is 9.88. The van der Waals surface area contributed by atoms with Crippen molar-refractivity contribution in [2.24, 2.45) is 0 Å². The van der Waals surface area contributed by atoms with Crippen LogP contribution in [-0.4, -0.2) is 28.9 Å². The molecular formula is C19H19NO4. The second-order valence-electron chi connectivity index (χ2n) is 7.06. The molecule has 0 aliphatic carbocycles. The van der Waals surface area contributed by atoms with Crippen LogP contribution in [-0.2, 0) is 9.47 Å². The standard InChI is InChI=1S/C19H19NO4/c1-19(2)17-15(21)13-11(18(23-17)24-19)8-10-9-6-4-5-7-12(9)20-14(10)16(13)22-3/h4-8,15,17-18,20-21H,1-3H3/t15-,17-,18-/m0/s1. The quantitative estimate of drug-likeness (QED) is 0.718. The van der Waals surface area contributed by atoms with Crippen LogP contribution >= 0.6 is 0 Å². The minimum atomic E-state index is -0.792. The second-order valence-corrected chi connectivity index (χ2v) is 7.06. The van der Waals surface area contributed by atoms with Crippen molar-refractivity contribution in [1.82, 2.24) is 4.98 Å². The summed E-state index contributed by atoms with van der Waals surface area (Å²) in [7, 11) is 1.64. The van der Waals surface area contributed by atoms with Gasteiger partial charge in [0.2, 0.25) is 0 Å². The Balaban J connectivity index is 1.88. The highest BCUT2D eigenvalue weighted by molar-refractivity contribution is 6.10. The lowest BCUT2D eigenvalue weighted by Gasteiger charge is -2.31. The van der Waals surface area contributed by atoms with Crippen molar-refractivity contribution >= 4 is 21.8 Å². The van der Waals surface area contributed by atoms with Gasteiger partial charge in [0, 0.05) is 27.4 Å². The van der Waals surface area contributed by atoms with Gasteiger partial charge in [-0.2, -0.15) is 0 Å². The van der Waals surface area contributed by atoms with Crippen molar-refractivity contribution < 1.29 is 19.3 Å². The van der Waals surface area contributed by atoms with E-state index in [1.54, 1.807) is 7.11 Å². The molecule has 2 aliphatic heterocycles. The van der Waals surface area contributed by atoms with Gasteiger partial charge in [-0.15, -0.1) is 0 Å². The molecule has 0 unspecified atom stereocenters. The third-order valence-electron chi connectivity index (χ3n) is 5.24. The average molecular weight is 325 g/mol. The van der Waals surface area contributed by atoms with Gasteiger partial charge in [0.25, 0.3) is 0 Å². The van der Waals surface area contributed by atoms with E-state index in [9.17, 15) is 5.11 Å². The fourth-order valence-corrected chi connectivity index (χ4v) is 4.11. The van der Waals surface area contributed by atoms with Gasteiger partial charge in [0.1, 0.15) is 18.0 Å². The van der Waals surface area contributed by atoms with Gasteiger partial charge in [-0.25, -0.2) is 0 Å². The number of aliphatic hydroxyl groups excluding tert-OH is 1. The number of nitrogens with one attached hydrogen (secondary N) is 1. The van der Waals surface area contributed by atoms with E-state index in [0.29, 0.717) is 5.75 Å². The monoisotopic (exact) mass is 325 g/mol. The molecule has 5 rings (SSSR count). The predicted octanol–water partition coefficient (Wildman–Crippen LogP) is 3.57. The highest BCUT2D eigenvalue weighted by atomic mass is 16.7. The van der Waals surface area contributed by atoms with Gasteiger partial charge in [0.05, 0.1) is 18.2 Å². The summed E-state index contributed by atoms with van der Waals surface area (Å²) in [5, 5.41) is 13.1. The molecule has 0 amide bonds. The Bertz CT molecular complexity index is 974. The first kappa shape index (κ1) is 14.3. The molecule has 24 heavy (non-hydrogen) atoms. The number of benzene rings is 2. The van der Waals surface area contributed by atoms with Crippen LogP contribution in [0.5, 0.6) is 5.75 Å². The maximum Gasteiger partial charge on any atom is 0.185 e. The van der Waals surface area contributed by atoms with Crippen LogP contribution in [0, 0.1) is 0 Å². The van der Waals surface area contributed by atoms with Crippen molar-refractivity contribution in [2.45, 2.75) is 37.9 Å². The Morgan fingerprint density at radius 2 is 2.00 bits per heavy atom. The van der Waals surface area contributed by atoms with Crippen molar-refractivity contribution in [3.63, 3.8) is 0 Å². The molecule has 2 aliphatic rings. The first-order valence-corrected chi connectivity index (χ1v) is 8.14. The Hall–Kier alpha value is -2.08. The second kappa shape index (κ2) is 4.51. The van der Waals surface area contributed by atoms with E-state index in [1.165, 1.54) is 0 Å². The van der Waals surface area contributed by atoms with Gasteiger partial charge in [-0.05, 0) is 26.0 Å². The van der Waals surface area contributed by atoms with Crippen LogP contribution in [0.25, 0.3) is 21.8 Å². The van der Waals surface area contributed by atoms with E-state index in [1.807, 2.05) is 32.0 Å². The molecule has 5 heteroatoms. The Labute approximate surface area is 139 Å². The van der Waals surface area contributed by atoms with Crippen molar-refractivity contribution in [3.05, 3.63) is 41.5 Å². The fourth-order valence-electron chi connectivity index (χ4n) is 4.11. The van der Waals surface area contributed by atoms with Crippen LogP contribution in [0.15, 0.2) is 30.3 Å². The highest BCUT2D eigenvalue weighted by Gasteiger charge is 2.53. The molecule has 2 N–H and O–H groups in total. The SMILES string of the molecule is COc1c2c(cc3c1[nH]c1ccccc13)[C@H]1O[C@@H]([C@H]2O)C(C)(C)O1.